The second-order valence-electron chi connectivity index (χ2n) is 8.63. The number of benzene rings is 2. The highest BCUT2D eigenvalue weighted by molar-refractivity contribution is 7.89. The fourth-order valence-electron chi connectivity index (χ4n) is 3.83. The molecule has 0 saturated carbocycles. The Morgan fingerprint density at radius 1 is 1.03 bits per heavy atom. The summed E-state index contributed by atoms with van der Waals surface area (Å²) in [4.78, 5) is 13.7. The van der Waals surface area contributed by atoms with Crippen molar-refractivity contribution >= 4 is 15.8 Å². The van der Waals surface area contributed by atoms with E-state index in [9.17, 15) is 18.3 Å². The van der Waals surface area contributed by atoms with Gasteiger partial charge in [0.05, 0.1) is 4.90 Å². The topological polar surface area (TPSA) is 87.2 Å². The molecule has 1 saturated heterocycles. The number of Topliss-reactive ketones (excluding diaryl/α,β-unsaturated/α-hetero) is 1. The Hall–Kier alpha value is -2.26. The zero-order valence-corrected chi connectivity index (χ0v) is 20.4. The van der Waals surface area contributed by atoms with Gasteiger partial charge in [0, 0.05) is 38.3 Å². The lowest BCUT2D eigenvalue weighted by atomic mass is 9.99. The van der Waals surface area contributed by atoms with Gasteiger partial charge in [-0.1, -0.05) is 26.0 Å². The van der Waals surface area contributed by atoms with Crippen LogP contribution in [0.15, 0.2) is 53.4 Å². The zero-order valence-electron chi connectivity index (χ0n) is 19.6. The van der Waals surface area contributed by atoms with Crippen LogP contribution in [-0.2, 0) is 10.0 Å². The van der Waals surface area contributed by atoms with E-state index >= 15 is 0 Å². The number of ether oxygens (including phenoxy) is 1. The number of aliphatic hydroxyl groups is 1. The summed E-state index contributed by atoms with van der Waals surface area (Å²) in [6.45, 7) is 8.16. The molecule has 7 nitrogen and oxygen atoms in total. The predicted octanol–water partition coefficient (Wildman–Crippen LogP) is 3.15. The first-order valence-corrected chi connectivity index (χ1v) is 12.9. The van der Waals surface area contributed by atoms with E-state index in [-0.39, 0.29) is 12.4 Å². The molecule has 0 radical (unpaired) electrons. The monoisotopic (exact) mass is 474 g/mol. The molecule has 0 amide bonds. The number of piperazine rings is 1. The van der Waals surface area contributed by atoms with Crippen molar-refractivity contribution in [1.29, 1.82) is 0 Å². The van der Waals surface area contributed by atoms with Gasteiger partial charge in [0.15, 0.2) is 5.78 Å². The molecule has 1 aliphatic rings. The van der Waals surface area contributed by atoms with Gasteiger partial charge in [0.1, 0.15) is 18.5 Å². The number of sulfonamides is 1. The summed E-state index contributed by atoms with van der Waals surface area (Å²) in [6, 6.07) is 14.0. The number of hydrogen-bond acceptors (Lipinski definition) is 6. The maximum absolute atomic E-state index is 13.0. The van der Waals surface area contributed by atoms with Crippen LogP contribution in [0.5, 0.6) is 5.75 Å². The van der Waals surface area contributed by atoms with Crippen molar-refractivity contribution in [1.82, 2.24) is 9.21 Å². The molecule has 2 aromatic carbocycles. The van der Waals surface area contributed by atoms with Crippen molar-refractivity contribution < 1.29 is 23.1 Å². The third-order valence-electron chi connectivity index (χ3n) is 6.20. The summed E-state index contributed by atoms with van der Waals surface area (Å²) in [5, 5.41) is 10.3. The van der Waals surface area contributed by atoms with Crippen molar-refractivity contribution in [2.75, 3.05) is 39.3 Å². The van der Waals surface area contributed by atoms with E-state index in [1.807, 2.05) is 17.0 Å². The Balaban J connectivity index is 1.47. The SMILES string of the molecule is CC[C@H](C)c1ccc(S(=O)(=O)N2CCN(C[C@@H](O)COc3ccc(C(C)=O)cc3)CC2)cc1. The number of carbonyl (C=O) groups is 1. The molecule has 1 fully saturated rings. The first-order chi connectivity index (χ1) is 15.7. The van der Waals surface area contributed by atoms with Crippen LogP contribution in [0.25, 0.3) is 0 Å². The molecule has 1 N–H and O–H groups in total. The maximum Gasteiger partial charge on any atom is 0.243 e. The van der Waals surface area contributed by atoms with Crippen LogP contribution in [0, 0.1) is 0 Å². The van der Waals surface area contributed by atoms with E-state index in [4.69, 9.17) is 4.74 Å². The highest BCUT2D eigenvalue weighted by Crippen LogP contribution is 2.23. The van der Waals surface area contributed by atoms with Crippen LogP contribution in [0.1, 0.15) is 49.0 Å². The average Bonchev–Trinajstić information content (AvgIpc) is 2.83. The molecular formula is C25H34N2O5S. The molecule has 0 aromatic heterocycles. The third kappa shape index (κ3) is 6.63. The summed E-state index contributed by atoms with van der Waals surface area (Å²) < 4.78 is 33.2. The Morgan fingerprint density at radius 3 is 2.18 bits per heavy atom. The highest BCUT2D eigenvalue weighted by atomic mass is 32.2. The number of nitrogens with zero attached hydrogens (tertiary/aromatic N) is 2. The standard InChI is InChI=1S/C25H34N2O5S/c1-4-19(2)21-7-11-25(12-8-21)33(30,31)27-15-13-26(14-16-27)17-23(29)18-32-24-9-5-22(6-10-24)20(3)28/h5-12,19,23,29H,4,13-18H2,1-3H3/t19-,23+/m0/s1. The molecule has 2 aromatic rings. The molecule has 180 valence electrons. The minimum Gasteiger partial charge on any atom is -0.491 e. The van der Waals surface area contributed by atoms with Crippen molar-refractivity contribution in [2.24, 2.45) is 0 Å². The lowest BCUT2D eigenvalue weighted by Crippen LogP contribution is -2.50. The van der Waals surface area contributed by atoms with Gasteiger partial charge in [0.25, 0.3) is 0 Å². The van der Waals surface area contributed by atoms with E-state index in [1.165, 1.54) is 11.2 Å². The van der Waals surface area contributed by atoms with E-state index in [0.29, 0.717) is 54.9 Å². The van der Waals surface area contributed by atoms with Gasteiger partial charge in [-0.25, -0.2) is 8.42 Å². The highest BCUT2D eigenvalue weighted by Gasteiger charge is 2.29. The molecular weight excluding hydrogens is 440 g/mol. The molecule has 0 aliphatic carbocycles. The Kier molecular flexibility index (Phi) is 8.64. The number of ketones is 1. The summed E-state index contributed by atoms with van der Waals surface area (Å²) in [5.41, 5.74) is 1.76. The van der Waals surface area contributed by atoms with Gasteiger partial charge in [-0.3, -0.25) is 9.69 Å². The summed E-state index contributed by atoms with van der Waals surface area (Å²) in [6.07, 6.45) is 0.311. The Bertz CT molecular complexity index is 1010. The Labute approximate surface area is 197 Å². The molecule has 0 unspecified atom stereocenters. The molecule has 1 heterocycles. The molecule has 0 bridgehead atoms. The molecule has 8 heteroatoms. The second kappa shape index (κ2) is 11.2. The number of β-amino-alcohol motifs (C(OH)–C–C–N with tert-alkyl or cyclic N) is 1. The van der Waals surface area contributed by atoms with Gasteiger partial charge in [0.2, 0.25) is 10.0 Å². The van der Waals surface area contributed by atoms with E-state index in [0.717, 1.165) is 12.0 Å². The predicted molar refractivity (Wildman–Crippen MR) is 128 cm³/mol. The fraction of sp³-hybridized carbons (Fsp3) is 0.480. The summed E-state index contributed by atoms with van der Waals surface area (Å²) in [7, 11) is -3.52. The van der Waals surface area contributed by atoms with E-state index in [2.05, 4.69) is 13.8 Å². The van der Waals surface area contributed by atoms with Crippen LogP contribution in [0.3, 0.4) is 0 Å². The second-order valence-corrected chi connectivity index (χ2v) is 10.6. The number of rotatable bonds is 10. The molecule has 3 rings (SSSR count). The minimum absolute atomic E-state index is 0.00847. The van der Waals surface area contributed by atoms with Crippen molar-refractivity contribution in [3.63, 3.8) is 0 Å². The van der Waals surface area contributed by atoms with Crippen LogP contribution in [-0.4, -0.2) is 73.9 Å². The van der Waals surface area contributed by atoms with Crippen LogP contribution < -0.4 is 4.74 Å². The van der Waals surface area contributed by atoms with Gasteiger partial charge in [-0.2, -0.15) is 4.31 Å². The quantitative estimate of drug-likeness (QED) is 0.533. The number of hydrogen-bond donors (Lipinski definition) is 1. The number of aliphatic hydroxyl groups excluding tert-OH is 1. The molecule has 0 spiro atoms. The molecule has 33 heavy (non-hydrogen) atoms. The minimum atomic E-state index is -3.52. The molecule has 1 aliphatic heterocycles. The zero-order chi connectivity index (χ0) is 24.0. The first-order valence-electron chi connectivity index (χ1n) is 11.4. The van der Waals surface area contributed by atoms with E-state index < -0.39 is 16.1 Å². The smallest absolute Gasteiger partial charge is 0.243 e. The van der Waals surface area contributed by atoms with Gasteiger partial charge < -0.3 is 9.84 Å². The third-order valence-corrected chi connectivity index (χ3v) is 8.12. The van der Waals surface area contributed by atoms with E-state index in [1.54, 1.807) is 36.4 Å². The fourth-order valence-corrected chi connectivity index (χ4v) is 5.26. The van der Waals surface area contributed by atoms with Crippen molar-refractivity contribution in [3.05, 3.63) is 59.7 Å². The summed E-state index contributed by atoms with van der Waals surface area (Å²) in [5.74, 6) is 0.987. The normalized spacial score (nSPS) is 17.5. The van der Waals surface area contributed by atoms with Crippen LogP contribution in [0.2, 0.25) is 0 Å². The average molecular weight is 475 g/mol. The number of carbonyl (C=O) groups excluding carboxylic acids is 1. The van der Waals surface area contributed by atoms with Crippen molar-refractivity contribution in [2.45, 2.75) is 44.1 Å². The lowest BCUT2D eigenvalue weighted by molar-refractivity contribution is 0.0569. The van der Waals surface area contributed by atoms with Gasteiger partial charge in [-0.05, 0) is 61.2 Å². The molecule has 2 atom stereocenters. The van der Waals surface area contributed by atoms with Crippen LogP contribution in [0.4, 0.5) is 0 Å². The van der Waals surface area contributed by atoms with Crippen LogP contribution >= 0.6 is 0 Å². The maximum atomic E-state index is 13.0. The Morgan fingerprint density at radius 2 is 1.64 bits per heavy atom. The van der Waals surface area contributed by atoms with Gasteiger partial charge >= 0.3 is 0 Å². The first kappa shape index (κ1) is 25.4. The van der Waals surface area contributed by atoms with Crippen molar-refractivity contribution in [3.8, 4) is 5.75 Å². The summed E-state index contributed by atoms with van der Waals surface area (Å²) >= 11 is 0. The lowest BCUT2D eigenvalue weighted by Gasteiger charge is -2.34. The van der Waals surface area contributed by atoms with Gasteiger partial charge in [-0.15, -0.1) is 0 Å². The largest absolute Gasteiger partial charge is 0.491 e.